The van der Waals surface area contributed by atoms with E-state index in [4.69, 9.17) is 12.9 Å². The second-order valence-corrected chi connectivity index (χ2v) is 12.2. The Labute approximate surface area is 156 Å². The lowest BCUT2D eigenvalue weighted by molar-refractivity contribution is 0.297. The molecule has 0 aromatic heterocycles. The van der Waals surface area contributed by atoms with Crippen LogP contribution >= 0.6 is 22.8 Å². The summed E-state index contributed by atoms with van der Waals surface area (Å²) in [7, 11) is -12.6. The molecule has 0 aliphatic carbocycles. The average Bonchev–Trinajstić information content (AvgIpc) is 2.69. The number of benzene rings is 3. The summed E-state index contributed by atoms with van der Waals surface area (Å²) >= 11 is 0. The summed E-state index contributed by atoms with van der Waals surface area (Å²) in [5.41, 5.74) is 0. The Morgan fingerprint density at radius 3 is 0.852 bits per heavy atom. The zero-order valence-corrected chi connectivity index (χ0v) is 16.6. The van der Waals surface area contributed by atoms with E-state index >= 15 is 0 Å². The molecule has 0 spiro atoms. The van der Waals surface area contributed by atoms with Crippen LogP contribution in [0.15, 0.2) is 91.0 Å². The maximum absolute atomic E-state index is 13.5. The minimum absolute atomic E-state index is 0.153. The van der Waals surface area contributed by atoms with Crippen molar-refractivity contribution in [3.63, 3.8) is 0 Å². The van der Waals surface area contributed by atoms with Gasteiger partial charge in [-0.15, -0.1) is 0 Å². The first-order valence-electron chi connectivity index (χ1n) is 8.05. The van der Waals surface area contributed by atoms with Gasteiger partial charge >= 0.3 is 22.8 Å². The lowest BCUT2D eigenvalue weighted by Crippen LogP contribution is -2.22. The van der Waals surface area contributed by atoms with Crippen molar-refractivity contribution in [1.82, 2.24) is 0 Å². The van der Waals surface area contributed by atoms with E-state index < -0.39 is 22.8 Å². The number of hydrogen-bond acceptors (Lipinski definition) is 6. The summed E-state index contributed by atoms with van der Waals surface area (Å²) in [6.45, 7) is 0. The highest BCUT2D eigenvalue weighted by molar-refractivity contribution is 7.87. The Bertz CT molecular complexity index is 926. The molecule has 3 aromatic carbocycles. The van der Waals surface area contributed by atoms with Gasteiger partial charge in [0.15, 0.2) is 0 Å². The Morgan fingerprint density at radius 1 is 0.407 bits per heavy atom. The quantitative estimate of drug-likeness (QED) is 0.576. The molecule has 27 heavy (non-hydrogen) atoms. The van der Waals surface area contributed by atoms with Gasteiger partial charge in [0.25, 0.3) is 0 Å². The van der Waals surface area contributed by atoms with Crippen molar-refractivity contribution in [2.24, 2.45) is 0 Å². The van der Waals surface area contributed by atoms with Crippen LogP contribution in [0.2, 0.25) is 0 Å². The zero-order chi connectivity index (χ0) is 19.0. The van der Waals surface area contributed by atoms with Crippen LogP contribution in [-0.2, 0) is 26.6 Å². The van der Waals surface area contributed by atoms with Crippen LogP contribution in [0.5, 0.6) is 0 Å². The van der Waals surface area contributed by atoms with E-state index in [1.165, 1.54) is 36.4 Å². The van der Waals surface area contributed by atoms with Gasteiger partial charge in [0.2, 0.25) is 0 Å². The summed E-state index contributed by atoms with van der Waals surface area (Å²) in [6.07, 6.45) is 0. The highest BCUT2D eigenvalue weighted by atomic mass is 31.3. The third-order valence-corrected chi connectivity index (χ3v) is 11.8. The number of hydrogen-bond donors (Lipinski definition) is 0. The third kappa shape index (κ3) is 3.53. The van der Waals surface area contributed by atoms with Crippen molar-refractivity contribution in [3.8, 4) is 0 Å². The Hall–Kier alpha value is -1.77. The molecule has 0 radical (unpaired) electrons. The molecule has 0 atom stereocenters. The fourth-order valence-corrected chi connectivity index (χ4v) is 11.0. The van der Waals surface area contributed by atoms with Gasteiger partial charge in [0, 0.05) is 0 Å². The molecule has 3 aromatic rings. The molecular formula is C18H15O6P3. The standard InChI is InChI=1S/C18H15O6P3/c19-25(16-10-4-1-5-11-16)22-26(20,17-12-6-2-7-13-17)24-27(21,23-25)18-14-8-3-9-15-18/h1-15H. The van der Waals surface area contributed by atoms with Gasteiger partial charge in [0.05, 0.1) is 15.9 Å². The molecule has 0 unspecified atom stereocenters. The summed E-state index contributed by atoms with van der Waals surface area (Å²) < 4.78 is 57.0. The molecule has 9 heteroatoms. The molecular weight excluding hydrogens is 405 g/mol. The third-order valence-electron chi connectivity index (χ3n) is 3.86. The number of rotatable bonds is 3. The topological polar surface area (TPSA) is 78.9 Å². The van der Waals surface area contributed by atoms with Gasteiger partial charge in [-0.1, -0.05) is 54.6 Å². The zero-order valence-electron chi connectivity index (χ0n) is 14.0. The lowest BCUT2D eigenvalue weighted by atomic mass is 10.4. The molecule has 1 saturated heterocycles. The fourth-order valence-electron chi connectivity index (χ4n) is 2.58. The fraction of sp³-hybridized carbons (Fsp3) is 0. The van der Waals surface area contributed by atoms with E-state index in [2.05, 4.69) is 0 Å². The molecule has 0 N–H and O–H groups in total. The van der Waals surface area contributed by atoms with E-state index in [0.29, 0.717) is 0 Å². The van der Waals surface area contributed by atoms with E-state index in [1.807, 2.05) is 0 Å². The minimum Gasteiger partial charge on any atom is -0.254 e. The average molecular weight is 420 g/mol. The van der Waals surface area contributed by atoms with Gasteiger partial charge in [-0.2, -0.15) is 0 Å². The predicted molar refractivity (Wildman–Crippen MR) is 104 cm³/mol. The molecule has 4 rings (SSSR count). The maximum atomic E-state index is 13.5. The van der Waals surface area contributed by atoms with E-state index in [-0.39, 0.29) is 15.9 Å². The lowest BCUT2D eigenvalue weighted by Gasteiger charge is -2.34. The molecule has 1 fully saturated rings. The van der Waals surface area contributed by atoms with Gasteiger partial charge in [0.1, 0.15) is 0 Å². The summed E-state index contributed by atoms with van der Waals surface area (Å²) in [6, 6.07) is 24.1. The SMILES string of the molecule is O=P1(c2ccccc2)OP(=O)(c2ccccc2)OP(=O)(c2ccccc2)O1. The van der Waals surface area contributed by atoms with Crippen molar-refractivity contribution in [3.05, 3.63) is 91.0 Å². The monoisotopic (exact) mass is 420 g/mol. The first-order chi connectivity index (χ1) is 12.9. The molecule has 6 nitrogen and oxygen atoms in total. The first kappa shape index (κ1) is 18.6. The van der Waals surface area contributed by atoms with Crippen LogP contribution in [-0.4, -0.2) is 0 Å². The normalized spacial score (nSPS) is 30.7. The van der Waals surface area contributed by atoms with Crippen LogP contribution in [0, 0.1) is 0 Å². The molecule has 1 heterocycles. The molecule has 1 aliphatic heterocycles. The van der Waals surface area contributed by atoms with Crippen LogP contribution < -0.4 is 15.9 Å². The summed E-state index contributed by atoms with van der Waals surface area (Å²) in [4.78, 5) is 0. The van der Waals surface area contributed by atoms with Gasteiger partial charge in [-0.25, -0.2) is 12.9 Å². The minimum atomic E-state index is -4.19. The van der Waals surface area contributed by atoms with Gasteiger partial charge in [-0.05, 0) is 36.4 Å². The Morgan fingerprint density at radius 2 is 0.630 bits per heavy atom. The van der Waals surface area contributed by atoms with E-state index in [9.17, 15) is 13.7 Å². The van der Waals surface area contributed by atoms with Crippen LogP contribution in [0.25, 0.3) is 0 Å². The largest absolute Gasteiger partial charge is 0.376 e. The smallest absolute Gasteiger partial charge is 0.254 e. The molecule has 0 saturated carbocycles. The van der Waals surface area contributed by atoms with E-state index in [1.54, 1.807) is 54.6 Å². The van der Waals surface area contributed by atoms with Crippen molar-refractivity contribution in [2.75, 3.05) is 0 Å². The molecule has 138 valence electrons. The second-order valence-electron chi connectivity index (χ2n) is 5.74. The van der Waals surface area contributed by atoms with E-state index in [0.717, 1.165) is 0 Å². The highest BCUT2D eigenvalue weighted by Gasteiger charge is 2.55. The van der Waals surface area contributed by atoms with Crippen molar-refractivity contribution in [1.29, 1.82) is 0 Å². The molecule has 0 amide bonds. The Kier molecular flexibility index (Phi) is 4.82. The highest BCUT2D eigenvalue weighted by Crippen LogP contribution is 2.80. The second kappa shape index (κ2) is 7.00. The predicted octanol–water partition coefficient (Wildman–Crippen LogP) is 4.61. The van der Waals surface area contributed by atoms with Crippen LogP contribution in [0.1, 0.15) is 0 Å². The maximum Gasteiger partial charge on any atom is 0.376 e. The van der Waals surface area contributed by atoms with Crippen molar-refractivity contribution in [2.45, 2.75) is 0 Å². The summed E-state index contributed by atoms with van der Waals surface area (Å²) in [5, 5.41) is 0.460. The van der Waals surface area contributed by atoms with Crippen LogP contribution in [0.3, 0.4) is 0 Å². The molecule has 0 bridgehead atoms. The van der Waals surface area contributed by atoms with Gasteiger partial charge in [-0.3, -0.25) is 13.7 Å². The molecule has 1 aliphatic rings. The van der Waals surface area contributed by atoms with Crippen LogP contribution in [0.4, 0.5) is 0 Å². The van der Waals surface area contributed by atoms with Crippen molar-refractivity contribution >= 4 is 38.7 Å². The first-order valence-corrected chi connectivity index (χ1v) is 12.7. The van der Waals surface area contributed by atoms with Crippen molar-refractivity contribution < 1.29 is 26.6 Å². The Balaban J connectivity index is 1.90. The van der Waals surface area contributed by atoms with Gasteiger partial charge < -0.3 is 0 Å². The summed E-state index contributed by atoms with van der Waals surface area (Å²) in [5.74, 6) is 0.